The molecule has 1 aromatic carbocycles. The Hall–Kier alpha value is -0.780. The van der Waals surface area contributed by atoms with Gasteiger partial charge >= 0.3 is 0 Å². The predicted octanol–water partition coefficient (Wildman–Crippen LogP) is 2.40. The maximum absolute atomic E-state index is 12.3. The number of piperidine rings is 1. The third-order valence-electron chi connectivity index (χ3n) is 3.31. The number of thiazole rings is 1. The molecule has 0 spiro atoms. The van der Waals surface area contributed by atoms with Gasteiger partial charge in [-0.15, -0.1) is 11.3 Å². The Balaban J connectivity index is 1.74. The summed E-state index contributed by atoms with van der Waals surface area (Å²) < 4.78 is 14.2. The van der Waals surface area contributed by atoms with Crippen LogP contribution in [0.2, 0.25) is 0 Å². The number of nitrogens with zero attached hydrogens (tertiary/aromatic N) is 1. The fraction of sp³-hybridized carbons (Fsp3) is 0.462. The standard InChI is InChI=1S/C13H16N2OS2/c16-18(9-10-5-7-14-8-6-10)13-15-11-3-1-2-4-12(11)17-13/h1-4,10,14H,5-9H2/t18-/m0/s1. The first-order chi connectivity index (χ1) is 8.83. The van der Waals surface area contributed by atoms with Gasteiger partial charge in [0, 0.05) is 5.75 Å². The topological polar surface area (TPSA) is 42.0 Å². The number of hydrogen-bond donors (Lipinski definition) is 1. The van der Waals surface area contributed by atoms with Crippen LogP contribution in [0.25, 0.3) is 10.2 Å². The number of nitrogens with one attached hydrogen (secondary N) is 1. The first-order valence-corrected chi connectivity index (χ1v) is 8.41. The first kappa shape index (κ1) is 12.3. The van der Waals surface area contributed by atoms with Gasteiger partial charge < -0.3 is 5.32 Å². The lowest BCUT2D eigenvalue weighted by molar-refractivity contribution is 0.405. The van der Waals surface area contributed by atoms with E-state index in [0.29, 0.717) is 5.92 Å². The zero-order chi connectivity index (χ0) is 12.4. The van der Waals surface area contributed by atoms with Crippen molar-refractivity contribution < 1.29 is 4.21 Å². The minimum Gasteiger partial charge on any atom is -0.317 e. The molecule has 0 radical (unpaired) electrons. The number of fused-ring (bicyclic) bond motifs is 1. The van der Waals surface area contributed by atoms with Gasteiger partial charge in [-0.05, 0) is 44.0 Å². The zero-order valence-corrected chi connectivity index (χ0v) is 11.7. The number of hydrogen-bond acceptors (Lipinski definition) is 4. The molecule has 1 saturated heterocycles. The molecule has 0 amide bonds. The molecule has 1 aliphatic rings. The summed E-state index contributed by atoms with van der Waals surface area (Å²) in [5.74, 6) is 1.35. The molecule has 1 aromatic heterocycles. The van der Waals surface area contributed by atoms with Crippen LogP contribution in [0.1, 0.15) is 12.8 Å². The molecule has 18 heavy (non-hydrogen) atoms. The molecule has 3 nitrogen and oxygen atoms in total. The van der Waals surface area contributed by atoms with Crippen LogP contribution in [0, 0.1) is 5.92 Å². The zero-order valence-electron chi connectivity index (χ0n) is 10.1. The van der Waals surface area contributed by atoms with Gasteiger partial charge in [-0.25, -0.2) is 4.98 Å². The fourth-order valence-corrected chi connectivity index (χ4v) is 4.93. The molecule has 5 heteroatoms. The van der Waals surface area contributed by atoms with Crippen LogP contribution in [0.5, 0.6) is 0 Å². The molecule has 1 aliphatic heterocycles. The third kappa shape index (κ3) is 2.63. The summed E-state index contributed by atoms with van der Waals surface area (Å²) in [6.45, 7) is 2.11. The highest BCUT2D eigenvalue weighted by atomic mass is 32.2. The van der Waals surface area contributed by atoms with Crippen molar-refractivity contribution in [3.05, 3.63) is 24.3 Å². The second-order valence-electron chi connectivity index (χ2n) is 4.65. The van der Waals surface area contributed by atoms with Crippen molar-refractivity contribution in [2.24, 2.45) is 5.92 Å². The Kier molecular flexibility index (Phi) is 3.72. The van der Waals surface area contributed by atoms with Crippen LogP contribution in [-0.2, 0) is 10.8 Å². The van der Waals surface area contributed by atoms with Gasteiger partial charge in [0.15, 0.2) is 4.34 Å². The Morgan fingerprint density at radius 3 is 2.89 bits per heavy atom. The molecule has 0 saturated carbocycles. The molecule has 1 N–H and O–H groups in total. The van der Waals surface area contributed by atoms with Crippen LogP contribution in [0.3, 0.4) is 0 Å². The quantitative estimate of drug-likeness (QED) is 0.939. The largest absolute Gasteiger partial charge is 0.317 e. The van der Waals surface area contributed by atoms with Crippen LogP contribution in [0.4, 0.5) is 0 Å². The van der Waals surface area contributed by atoms with Crippen molar-refractivity contribution in [1.29, 1.82) is 0 Å². The summed E-state index contributed by atoms with van der Waals surface area (Å²) in [6.07, 6.45) is 2.27. The van der Waals surface area contributed by atoms with E-state index in [2.05, 4.69) is 10.3 Å². The van der Waals surface area contributed by atoms with Gasteiger partial charge in [-0.1, -0.05) is 12.1 Å². The van der Waals surface area contributed by atoms with Gasteiger partial charge in [0.05, 0.1) is 21.0 Å². The summed E-state index contributed by atoms with van der Waals surface area (Å²) in [6, 6.07) is 8.00. The molecule has 0 bridgehead atoms. The number of para-hydroxylation sites is 1. The van der Waals surface area contributed by atoms with Crippen LogP contribution in [-0.4, -0.2) is 28.0 Å². The maximum Gasteiger partial charge on any atom is 0.181 e. The molecule has 96 valence electrons. The Morgan fingerprint density at radius 2 is 2.11 bits per heavy atom. The molecule has 2 aromatic rings. The monoisotopic (exact) mass is 280 g/mol. The molecule has 2 heterocycles. The summed E-state index contributed by atoms with van der Waals surface area (Å²) >= 11 is 1.57. The Labute approximate surface area is 113 Å². The first-order valence-electron chi connectivity index (χ1n) is 6.27. The third-order valence-corrected chi connectivity index (χ3v) is 6.21. The molecular weight excluding hydrogens is 264 g/mol. The van der Waals surface area contributed by atoms with Crippen molar-refractivity contribution in [2.45, 2.75) is 17.2 Å². The Bertz CT molecular complexity index is 528. The fourth-order valence-electron chi connectivity index (χ4n) is 2.28. The molecule has 1 atom stereocenters. The smallest absolute Gasteiger partial charge is 0.181 e. The van der Waals surface area contributed by atoms with E-state index in [1.54, 1.807) is 11.3 Å². The van der Waals surface area contributed by atoms with Crippen LogP contribution < -0.4 is 5.32 Å². The van der Waals surface area contributed by atoms with Gasteiger partial charge in [0.2, 0.25) is 0 Å². The highest BCUT2D eigenvalue weighted by Gasteiger charge is 2.19. The van der Waals surface area contributed by atoms with E-state index in [9.17, 15) is 4.21 Å². The van der Waals surface area contributed by atoms with Crippen molar-refractivity contribution in [3.63, 3.8) is 0 Å². The maximum atomic E-state index is 12.3. The van der Waals surface area contributed by atoms with Crippen molar-refractivity contribution in [3.8, 4) is 0 Å². The van der Waals surface area contributed by atoms with E-state index in [4.69, 9.17) is 0 Å². The van der Waals surface area contributed by atoms with Gasteiger partial charge in [-0.3, -0.25) is 4.21 Å². The summed E-state index contributed by atoms with van der Waals surface area (Å²) in [5.41, 5.74) is 0.969. The minimum atomic E-state index is -0.934. The molecule has 0 unspecified atom stereocenters. The second kappa shape index (κ2) is 5.47. The molecule has 1 fully saturated rings. The van der Waals surface area contributed by atoms with E-state index in [1.165, 1.54) is 0 Å². The molecule has 0 aliphatic carbocycles. The van der Waals surface area contributed by atoms with Crippen molar-refractivity contribution in [2.75, 3.05) is 18.8 Å². The summed E-state index contributed by atoms with van der Waals surface area (Å²) in [4.78, 5) is 4.48. The Morgan fingerprint density at radius 1 is 1.33 bits per heavy atom. The summed E-state index contributed by atoms with van der Waals surface area (Å²) in [5, 5.41) is 3.34. The second-order valence-corrected chi connectivity index (χ2v) is 7.35. The number of rotatable bonds is 3. The molecule has 3 rings (SSSR count). The van der Waals surface area contributed by atoms with E-state index >= 15 is 0 Å². The predicted molar refractivity (Wildman–Crippen MR) is 76.5 cm³/mol. The lowest BCUT2D eigenvalue weighted by Gasteiger charge is -2.21. The normalized spacial score (nSPS) is 19.1. The van der Waals surface area contributed by atoms with E-state index < -0.39 is 10.8 Å². The summed E-state index contributed by atoms with van der Waals surface area (Å²) in [7, 11) is -0.934. The van der Waals surface area contributed by atoms with Gasteiger partial charge in [0.25, 0.3) is 0 Å². The van der Waals surface area contributed by atoms with E-state index in [-0.39, 0.29) is 0 Å². The van der Waals surface area contributed by atoms with Crippen molar-refractivity contribution >= 4 is 32.4 Å². The van der Waals surface area contributed by atoms with E-state index in [0.717, 1.165) is 46.2 Å². The van der Waals surface area contributed by atoms with Gasteiger partial charge in [-0.2, -0.15) is 0 Å². The van der Waals surface area contributed by atoms with Crippen LogP contribution >= 0.6 is 11.3 Å². The highest BCUT2D eigenvalue weighted by Crippen LogP contribution is 2.25. The highest BCUT2D eigenvalue weighted by molar-refractivity contribution is 7.87. The molecular formula is C13H16N2OS2. The minimum absolute atomic E-state index is 0.582. The van der Waals surface area contributed by atoms with Crippen LogP contribution in [0.15, 0.2) is 28.6 Å². The average molecular weight is 280 g/mol. The van der Waals surface area contributed by atoms with Crippen molar-refractivity contribution in [1.82, 2.24) is 10.3 Å². The SMILES string of the molecule is O=[S@@](CC1CCNCC1)c1nc2ccccc2s1. The number of aromatic nitrogens is 1. The lowest BCUT2D eigenvalue weighted by atomic mass is 10.0. The average Bonchev–Trinajstić information content (AvgIpc) is 2.84. The number of benzene rings is 1. The lowest BCUT2D eigenvalue weighted by Crippen LogP contribution is -2.30. The van der Waals surface area contributed by atoms with Gasteiger partial charge in [0.1, 0.15) is 0 Å². The van der Waals surface area contributed by atoms with E-state index in [1.807, 2.05) is 24.3 Å².